The van der Waals surface area contributed by atoms with Crippen LogP contribution in [0.2, 0.25) is 0 Å². The summed E-state index contributed by atoms with van der Waals surface area (Å²) in [5.74, 6) is -0.808. The first kappa shape index (κ1) is 19.2. The predicted octanol–water partition coefficient (Wildman–Crippen LogP) is 5.03. The minimum Gasteiger partial charge on any atom is -0.325 e. The van der Waals surface area contributed by atoms with Crippen molar-refractivity contribution in [2.45, 2.75) is 16.6 Å². The van der Waals surface area contributed by atoms with Gasteiger partial charge in [0.25, 0.3) is 0 Å². The number of hydrogen-bond acceptors (Lipinski definition) is 3. The summed E-state index contributed by atoms with van der Waals surface area (Å²) in [4.78, 5) is 28.1. The predicted molar refractivity (Wildman–Crippen MR) is 113 cm³/mol. The lowest BCUT2D eigenvalue weighted by Crippen LogP contribution is -2.38. The highest BCUT2D eigenvalue weighted by atomic mass is 32.2. The van der Waals surface area contributed by atoms with E-state index in [1.165, 1.54) is 29.2 Å². The molecule has 146 valence electrons. The average molecular weight is 406 g/mol. The van der Waals surface area contributed by atoms with Crippen LogP contribution in [0.4, 0.5) is 15.8 Å². The fourth-order valence-corrected chi connectivity index (χ4v) is 4.56. The van der Waals surface area contributed by atoms with Crippen molar-refractivity contribution >= 4 is 35.0 Å². The summed E-state index contributed by atoms with van der Waals surface area (Å²) in [7, 11) is 0. The first-order valence-electron chi connectivity index (χ1n) is 9.26. The molecule has 1 aliphatic heterocycles. The number of carbonyl (C=O) groups excluding carboxylic acids is 2. The molecule has 4 rings (SSSR count). The molecule has 0 unspecified atom stereocenters. The zero-order valence-corrected chi connectivity index (χ0v) is 16.4. The van der Waals surface area contributed by atoms with Crippen molar-refractivity contribution in [2.75, 3.05) is 16.8 Å². The van der Waals surface area contributed by atoms with E-state index in [1.54, 1.807) is 11.8 Å². The first-order chi connectivity index (χ1) is 14.1. The van der Waals surface area contributed by atoms with E-state index in [0.29, 0.717) is 12.1 Å². The van der Waals surface area contributed by atoms with Crippen molar-refractivity contribution in [3.63, 3.8) is 0 Å². The zero-order valence-electron chi connectivity index (χ0n) is 15.5. The maximum atomic E-state index is 13.1. The Labute approximate surface area is 172 Å². The number of fused-ring (bicyclic) bond motifs is 1. The van der Waals surface area contributed by atoms with Gasteiger partial charge in [-0.3, -0.25) is 9.59 Å². The summed E-state index contributed by atoms with van der Waals surface area (Å²) >= 11 is 1.64. The lowest BCUT2D eigenvalue weighted by Gasteiger charge is -2.22. The highest BCUT2D eigenvalue weighted by Gasteiger charge is 2.30. The quantitative estimate of drug-likeness (QED) is 0.661. The summed E-state index contributed by atoms with van der Waals surface area (Å²) < 4.78 is 13.1. The molecule has 2 amide bonds. The molecular weight excluding hydrogens is 387 g/mol. The number of para-hydroxylation sites is 1. The Hall–Kier alpha value is -3.12. The molecule has 6 heteroatoms. The number of nitrogens with zero attached hydrogens (tertiary/aromatic N) is 1. The molecular formula is C23H19FN2O2S. The second kappa shape index (κ2) is 8.49. The van der Waals surface area contributed by atoms with Gasteiger partial charge in [-0.15, -0.1) is 11.8 Å². The van der Waals surface area contributed by atoms with Crippen molar-refractivity contribution in [2.24, 2.45) is 0 Å². The van der Waals surface area contributed by atoms with E-state index >= 15 is 0 Å². The van der Waals surface area contributed by atoms with Gasteiger partial charge in [-0.05, 0) is 42.0 Å². The van der Waals surface area contributed by atoms with Crippen molar-refractivity contribution in [3.05, 3.63) is 90.2 Å². The van der Waals surface area contributed by atoms with Crippen LogP contribution in [0.25, 0.3) is 0 Å². The lowest BCUT2D eigenvalue weighted by atomic mass is 10.1. The van der Waals surface area contributed by atoms with Gasteiger partial charge in [0, 0.05) is 22.3 Å². The summed E-state index contributed by atoms with van der Waals surface area (Å²) in [5.41, 5.74) is 2.30. The van der Waals surface area contributed by atoms with Gasteiger partial charge in [0.15, 0.2) is 0 Å². The van der Waals surface area contributed by atoms with Crippen molar-refractivity contribution in [1.29, 1.82) is 0 Å². The third kappa shape index (κ3) is 4.49. The van der Waals surface area contributed by atoms with E-state index in [2.05, 4.69) is 5.32 Å². The van der Waals surface area contributed by atoms with Crippen LogP contribution in [0.5, 0.6) is 0 Å². The van der Waals surface area contributed by atoms with E-state index in [9.17, 15) is 14.0 Å². The third-order valence-corrected chi connectivity index (χ3v) is 6.01. The molecule has 1 N–H and O–H groups in total. The molecule has 0 saturated heterocycles. The lowest BCUT2D eigenvalue weighted by molar-refractivity contribution is -0.121. The highest BCUT2D eigenvalue weighted by molar-refractivity contribution is 7.99. The molecule has 0 spiro atoms. The largest absolute Gasteiger partial charge is 0.325 e. The average Bonchev–Trinajstić information content (AvgIpc) is 2.87. The van der Waals surface area contributed by atoms with Crippen molar-refractivity contribution < 1.29 is 14.0 Å². The van der Waals surface area contributed by atoms with E-state index < -0.39 is 0 Å². The van der Waals surface area contributed by atoms with Gasteiger partial charge >= 0.3 is 0 Å². The van der Waals surface area contributed by atoms with Crippen LogP contribution in [0.15, 0.2) is 83.8 Å². The number of hydrogen-bond donors (Lipinski definition) is 1. The minimum absolute atomic E-state index is 0.0185. The summed E-state index contributed by atoms with van der Waals surface area (Å²) in [5, 5.41) is 2.71. The minimum atomic E-state index is -0.372. The standard InChI is InChI=1S/C23H19FN2O2S/c24-17-10-12-18(13-11-17)25-22(27)15-26-19-8-4-5-9-20(19)29-21(14-23(26)28)16-6-2-1-3-7-16/h1-13,21H,14-15H2,(H,25,27)/t21-/m1/s1. The SMILES string of the molecule is O=C(CN1C(=O)C[C@H](c2ccccc2)Sc2ccccc21)Nc1ccc(F)cc1. The molecule has 0 aliphatic carbocycles. The molecule has 4 nitrogen and oxygen atoms in total. The van der Waals surface area contributed by atoms with Crippen LogP contribution in [0, 0.1) is 5.82 Å². The Morgan fingerprint density at radius 2 is 1.69 bits per heavy atom. The molecule has 3 aromatic carbocycles. The number of anilines is 2. The van der Waals surface area contributed by atoms with E-state index in [-0.39, 0.29) is 29.4 Å². The summed E-state index contributed by atoms with van der Waals surface area (Å²) in [6, 6.07) is 23.1. The molecule has 1 heterocycles. The number of thioether (sulfide) groups is 1. The normalized spacial score (nSPS) is 16.1. The van der Waals surface area contributed by atoms with Gasteiger partial charge < -0.3 is 10.2 Å². The van der Waals surface area contributed by atoms with E-state index in [4.69, 9.17) is 0 Å². The Balaban J connectivity index is 1.57. The van der Waals surface area contributed by atoms with Gasteiger partial charge in [0.1, 0.15) is 12.4 Å². The number of benzene rings is 3. The van der Waals surface area contributed by atoms with E-state index in [1.807, 2.05) is 54.6 Å². The summed E-state index contributed by atoms with van der Waals surface area (Å²) in [6.45, 7) is -0.102. The first-order valence-corrected chi connectivity index (χ1v) is 10.1. The number of rotatable bonds is 4. The number of nitrogens with one attached hydrogen (secondary N) is 1. The van der Waals surface area contributed by atoms with Crippen LogP contribution in [-0.2, 0) is 9.59 Å². The van der Waals surface area contributed by atoms with Gasteiger partial charge in [0.2, 0.25) is 11.8 Å². The third-order valence-electron chi connectivity index (χ3n) is 4.69. The fraction of sp³-hybridized carbons (Fsp3) is 0.130. The van der Waals surface area contributed by atoms with Crippen LogP contribution in [0.1, 0.15) is 17.2 Å². The smallest absolute Gasteiger partial charge is 0.244 e. The number of halogens is 1. The number of amides is 2. The molecule has 0 saturated carbocycles. The Morgan fingerprint density at radius 3 is 2.45 bits per heavy atom. The molecule has 1 atom stereocenters. The van der Waals surface area contributed by atoms with Gasteiger partial charge in [-0.1, -0.05) is 42.5 Å². The van der Waals surface area contributed by atoms with Crippen LogP contribution >= 0.6 is 11.8 Å². The Bertz CT molecular complexity index is 1020. The van der Waals surface area contributed by atoms with Crippen LogP contribution in [0.3, 0.4) is 0 Å². The van der Waals surface area contributed by atoms with Gasteiger partial charge in [-0.2, -0.15) is 0 Å². The van der Waals surface area contributed by atoms with E-state index in [0.717, 1.165) is 16.1 Å². The molecule has 0 bridgehead atoms. The molecule has 1 aliphatic rings. The second-order valence-corrected chi connectivity index (χ2v) is 7.97. The fourth-order valence-electron chi connectivity index (χ4n) is 3.28. The maximum absolute atomic E-state index is 13.1. The molecule has 0 radical (unpaired) electrons. The Morgan fingerprint density at radius 1 is 1.00 bits per heavy atom. The monoisotopic (exact) mass is 406 g/mol. The maximum Gasteiger partial charge on any atom is 0.244 e. The molecule has 29 heavy (non-hydrogen) atoms. The van der Waals surface area contributed by atoms with Crippen LogP contribution < -0.4 is 10.2 Å². The Kier molecular flexibility index (Phi) is 5.62. The topological polar surface area (TPSA) is 49.4 Å². The van der Waals surface area contributed by atoms with Crippen molar-refractivity contribution in [3.8, 4) is 0 Å². The van der Waals surface area contributed by atoms with Gasteiger partial charge in [-0.25, -0.2) is 4.39 Å². The van der Waals surface area contributed by atoms with Crippen LogP contribution in [-0.4, -0.2) is 18.4 Å². The highest BCUT2D eigenvalue weighted by Crippen LogP contribution is 2.45. The summed E-state index contributed by atoms with van der Waals surface area (Å²) in [6.07, 6.45) is 0.299. The van der Waals surface area contributed by atoms with Gasteiger partial charge in [0.05, 0.1) is 5.69 Å². The zero-order chi connectivity index (χ0) is 20.2. The number of carbonyl (C=O) groups is 2. The molecule has 3 aromatic rings. The second-order valence-electron chi connectivity index (χ2n) is 6.72. The van der Waals surface area contributed by atoms with Crippen molar-refractivity contribution in [1.82, 2.24) is 0 Å². The molecule has 0 aromatic heterocycles. The molecule has 0 fully saturated rings.